The zero-order chi connectivity index (χ0) is 18.7. The van der Waals surface area contributed by atoms with Crippen LogP contribution in [-0.4, -0.2) is 27.5 Å². The van der Waals surface area contributed by atoms with Crippen LogP contribution in [0.25, 0.3) is 0 Å². The quantitative estimate of drug-likeness (QED) is 0.413. The Morgan fingerprint density at radius 2 is 2.12 bits per heavy atom. The van der Waals surface area contributed by atoms with Crippen molar-refractivity contribution in [2.24, 2.45) is 0 Å². The van der Waals surface area contributed by atoms with E-state index in [-0.39, 0.29) is 23.7 Å². The number of carbonyl (C=O) groups excluding carboxylic acids is 2. The van der Waals surface area contributed by atoms with Gasteiger partial charge in [0.25, 0.3) is 5.56 Å². The van der Waals surface area contributed by atoms with Crippen LogP contribution >= 0.6 is 23.4 Å². The zero-order valence-electron chi connectivity index (χ0n) is 13.5. The molecule has 0 saturated carbocycles. The van der Waals surface area contributed by atoms with Crippen LogP contribution in [0.15, 0.2) is 46.9 Å². The van der Waals surface area contributed by atoms with Crippen molar-refractivity contribution in [2.75, 3.05) is 16.4 Å². The number of nitrogens with one attached hydrogen (secondary N) is 3. The van der Waals surface area contributed by atoms with Crippen molar-refractivity contribution in [1.82, 2.24) is 9.97 Å². The lowest BCUT2D eigenvalue weighted by Gasteiger charge is -2.23. The molecule has 0 unspecified atom stereocenters. The molecule has 2 amide bonds. The molecule has 0 saturated heterocycles. The van der Waals surface area contributed by atoms with Gasteiger partial charge >= 0.3 is 0 Å². The first-order valence-electron chi connectivity index (χ1n) is 7.72. The zero-order valence-corrected chi connectivity index (χ0v) is 15.1. The molecule has 0 radical (unpaired) electrons. The van der Waals surface area contributed by atoms with Crippen molar-refractivity contribution in [1.29, 1.82) is 0 Å². The van der Waals surface area contributed by atoms with Gasteiger partial charge in [-0.2, -0.15) is 0 Å². The molecule has 0 spiro atoms. The molecule has 0 bridgehead atoms. The van der Waals surface area contributed by atoms with E-state index in [0.717, 1.165) is 0 Å². The first-order chi connectivity index (χ1) is 12.5. The topological polar surface area (TPSA) is 104 Å². The van der Waals surface area contributed by atoms with Crippen molar-refractivity contribution in [3.8, 4) is 0 Å². The fourth-order valence-electron chi connectivity index (χ4n) is 2.54. The number of aromatic amines is 1. The van der Waals surface area contributed by atoms with Crippen molar-refractivity contribution in [3.63, 3.8) is 0 Å². The van der Waals surface area contributed by atoms with E-state index in [0.29, 0.717) is 21.6 Å². The third-order valence-electron chi connectivity index (χ3n) is 3.70. The molecule has 1 atom stereocenters. The van der Waals surface area contributed by atoms with Gasteiger partial charge in [-0.25, -0.2) is 4.98 Å². The Morgan fingerprint density at radius 3 is 2.81 bits per heavy atom. The molecule has 2 aromatic rings. The largest absolute Gasteiger partial charge is 0.326 e. The van der Waals surface area contributed by atoms with Gasteiger partial charge in [-0.3, -0.25) is 14.4 Å². The molecule has 1 aromatic heterocycles. The summed E-state index contributed by atoms with van der Waals surface area (Å²) in [5.41, 5.74) is 0.228. The van der Waals surface area contributed by atoms with Crippen LogP contribution in [0.3, 0.4) is 0 Å². The molecule has 1 aromatic carbocycles. The average molecular weight is 391 g/mol. The Hall–Kier alpha value is -2.58. The predicted molar refractivity (Wildman–Crippen MR) is 102 cm³/mol. The number of thioether (sulfide) groups is 1. The number of rotatable bonds is 5. The molecule has 2 heterocycles. The second-order valence-corrected chi connectivity index (χ2v) is 6.98. The minimum Gasteiger partial charge on any atom is -0.326 e. The van der Waals surface area contributed by atoms with Gasteiger partial charge in [0.2, 0.25) is 11.8 Å². The molecule has 134 valence electrons. The molecule has 3 rings (SSSR count). The van der Waals surface area contributed by atoms with E-state index in [1.165, 1.54) is 11.8 Å². The van der Waals surface area contributed by atoms with Gasteiger partial charge < -0.3 is 15.6 Å². The number of nitrogens with zero attached hydrogens (tertiary/aromatic N) is 1. The van der Waals surface area contributed by atoms with E-state index < -0.39 is 17.4 Å². The first-order valence-corrected chi connectivity index (χ1v) is 9.08. The smallest absolute Gasteiger partial charge is 0.257 e. The summed E-state index contributed by atoms with van der Waals surface area (Å²) in [5, 5.41) is 6.16. The van der Waals surface area contributed by atoms with Gasteiger partial charge in [0.15, 0.2) is 5.16 Å². The summed E-state index contributed by atoms with van der Waals surface area (Å²) < 4.78 is 0. The van der Waals surface area contributed by atoms with Crippen LogP contribution in [0.1, 0.15) is 17.9 Å². The highest BCUT2D eigenvalue weighted by molar-refractivity contribution is 7.99. The Morgan fingerprint density at radius 1 is 1.38 bits per heavy atom. The second-order valence-electron chi connectivity index (χ2n) is 5.53. The fourth-order valence-corrected chi connectivity index (χ4v) is 3.27. The summed E-state index contributed by atoms with van der Waals surface area (Å²) >= 11 is 7.10. The molecular weight excluding hydrogens is 376 g/mol. The summed E-state index contributed by atoms with van der Waals surface area (Å²) in [7, 11) is 0. The summed E-state index contributed by atoms with van der Waals surface area (Å²) in [4.78, 5) is 44.0. The maximum atomic E-state index is 12.6. The van der Waals surface area contributed by atoms with E-state index >= 15 is 0 Å². The van der Waals surface area contributed by atoms with Gasteiger partial charge in [0.1, 0.15) is 5.82 Å². The van der Waals surface area contributed by atoms with Crippen LogP contribution in [0.4, 0.5) is 11.5 Å². The Labute approximate surface area is 158 Å². The summed E-state index contributed by atoms with van der Waals surface area (Å²) in [6.07, 6.45) is 1.54. The summed E-state index contributed by atoms with van der Waals surface area (Å²) in [5.74, 6) is -1.08. The Kier molecular flexibility index (Phi) is 5.43. The number of hydrogen-bond donors (Lipinski definition) is 3. The third kappa shape index (κ3) is 3.97. The first kappa shape index (κ1) is 18.2. The van der Waals surface area contributed by atoms with Gasteiger partial charge in [-0.15, -0.1) is 6.58 Å². The highest BCUT2D eigenvalue weighted by atomic mass is 35.5. The number of carbonyl (C=O) groups is 2. The lowest BCUT2D eigenvalue weighted by atomic mass is 9.92. The second kappa shape index (κ2) is 7.76. The third-order valence-corrected chi connectivity index (χ3v) is 4.82. The number of hydrogen-bond acceptors (Lipinski definition) is 5. The molecule has 0 fully saturated rings. The molecule has 3 N–H and O–H groups in total. The van der Waals surface area contributed by atoms with Crippen LogP contribution < -0.4 is 16.2 Å². The molecule has 1 aliphatic rings. The standard InChI is InChI=1S/C17H15ClN4O3S/c1-2-7-26-17-21-14-13(16(25)22-17)11(8-12(23)20-14)15(24)19-10-5-3-9(18)4-6-10/h2-6,11H,1,7-8H2,(H,19,24)(H2,20,21,22,23,25)/t11-/m0/s1. The van der Waals surface area contributed by atoms with Crippen molar-refractivity contribution in [3.05, 3.63) is 57.9 Å². The van der Waals surface area contributed by atoms with Crippen molar-refractivity contribution >= 4 is 46.7 Å². The van der Waals surface area contributed by atoms with Gasteiger partial charge in [-0.1, -0.05) is 29.4 Å². The van der Waals surface area contributed by atoms with Crippen LogP contribution in [0, 0.1) is 0 Å². The number of benzene rings is 1. The Balaban J connectivity index is 1.91. The molecule has 9 heteroatoms. The molecular formula is C17H15ClN4O3S. The van der Waals surface area contributed by atoms with Gasteiger partial charge in [0, 0.05) is 22.9 Å². The average Bonchev–Trinajstić information content (AvgIpc) is 2.60. The monoisotopic (exact) mass is 390 g/mol. The number of aromatic nitrogens is 2. The van der Waals surface area contributed by atoms with Gasteiger partial charge in [-0.05, 0) is 24.3 Å². The maximum absolute atomic E-state index is 12.6. The minimum absolute atomic E-state index is 0.118. The van der Waals surface area contributed by atoms with E-state index in [4.69, 9.17) is 11.6 Å². The minimum atomic E-state index is -0.927. The van der Waals surface area contributed by atoms with E-state index in [2.05, 4.69) is 27.2 Å². The summed E-state index contributed by atoms with van der Waals surface area (Å²) in [6.45, 7) is 3.61. The van der Waals surface area contributed by atoms with Crippen LogP contribution in [-0.2, 0) is 9.59 Å². The van der Waals surface area contributed by atoms with Crippen LogP contribution in [0.2, 0.25) is 5.02 Å². The maximum Gasteiger partial charge on any atom is 0.257 e. The number of halogens is 1. The summed E-state index contributed by atoms with van der Waals surface area (Å²) in [6, 6.07) is 6.55. The number of amides is 2. The van der Waals surface area contributed by atoms with Crippen molar-refractivity contribution in [2.45, 2.75) is 17.5 Å². The molecule has 0 aliphatic carbocycles. The molecule has 7 nitrogen and oxygen atoms in total. The highest BCUT2D eigenvalue weighted by Gasteiger charge is 2.34. The SMILES string of the molecule is C=CCSc1nc2c(c(=O)[nH]1)[C@@H](C(=O)Nc1ccc(Cl)cc1)CC(=O)N2. The highest BCUT2D eigenvalue weighted by Crippen LogP contribution is 2.30. The lowest BCUT2D eigenvalue weighted by Crippen LogP contribution is -2.36. The molecule has 26 heavy (non-hydrogen) atoms. The normalized spacial score (nSPS) is 15.7. The predicted octanol–water partition coefficient (Wildman–Crippen LogP) is 2.77. The fraction of sp³-hybridized carbons (Fsp3) is 0.176. The van der Waals surface area contributed by atoms with E-state index in [1.54, 1.807) is 30.3 Å². The van der Waals surface area contributed by atoms with E-state index in [9.17, 15) is 14.4 Å². The number of fused-ring (bicyclic) bond motifs is 1. The number of H-pyrrole nitrogens is 1. The van der Waals surface area contributed by atoms with Gasteiger partial charge in [0.05, 0.1) is 11.5 Å². The van der Waals surface area contributed by atoms with Crippen molar-refractivity contribution < 1.29 is 9.59 Å². The lowest BCUT2D eigenvalue weighted by molar-refractivity contribution is -0.123. The van der Waals surface area contributed by atoms with Crippen LogP contribution in [0.5, 0.6) is 0 Å². The Bertz CT molecular complexity index is 927. The van der Waals surface area contributed by atoms with E-state index in [1.807, 2.05) is 0 Å². The molecule has 1 aliphatic heterocycles. The number of anilines is 2.